The van der Waals surface area contributed by atoms with E-state index in [0.717, 1.165) is 30.9 Å². The van der Waals surface area contributed by atoms with E-state index in [2.05, 4.69) is 10.3 Å². The highest BCUT2D eigenvalue weighted by Crippen LogP contribution is 2.38. The summed E-state index contributed by atoms with van der Waals surface area (Å²) in [6.45, 7) is 3.78. The first-order chi connectivity index (χ1) is 17.0. The molecule has 2 amide bonds. The third-order valence-electron chi connectivity index (χ3n) is 5.51. The zero-order chi connectivity index (χ0) is 24.4. The van der Waals surface area contributed by atoms with Crippen molar-refractivity contribution < 1.29 is 14.3 Å². The van der Waals surface area contributed by atoms with Gasteiger partial charge in [-0.05, 0) is 56.3 Å². The van der Waals surface area contributed by atoms with Crippen LogP contribution in [0.5, 0.6) is 5.75 Å². The lowest BCUT2D eigenvalue weighted by molar-refractivity contribution is -0.123. The van der Waals surface area contributed by atoms with Crippen LogP contribution in [0.4, 0.5) is 11.4 Å². The van der Waals surface area contributed by atoms with E-state index in [-0.39, 0.29) is 25.0 Å². The number of aryl methyl sites for hydroxylation is 2. The van der Waals surface area contributed by atoms with Crippen molar-refractivity contribution >= 4 is 46.3 Å². The molecule has 0 saturated carbocycles. The molecular formula is C27H23N3O3S2. The van der Waals surface area contributed by atoms with Gasteiger partial charge in [-0.25, -0.2) is 4.98 Å². The van der Waals surface area contributed by atoms with Crippen molar-refractivity contribution in [2.24, 2.45) is 0 Å². The number of carbonyl (C=O) groups excluding carboxylic acids is 2. The minimum absolute atomic E-state index is 0.102. The SMILES string of the molecule is Cc1nc(-c2ccc3c(c2)N(CC(=O)Nc2ccccc2Sc2ccccc2)C(=O)CO3)c(C)s1. The molecule has 0 saturated heterocycles. The quantitative estimate of drug-likeness (QED) is 0.354. The Hall–Kier alpha value is -3.62. The maximum atomic E-state index is 13.1. The number of fused-ring (bicyclic) bond motifs is 1. The molecule has 4 aromatic rings. The summed E-state index contributed by atoms with van der Waals surface area (Å²) in [6, 6.07) is 23.3. The Morgan fingerprint density at radius 3 is 2.63 bits per heavy atom. The van der Waals surface area contributed by atoms with Gasteiger partial charge in [0.15, 0.2) is 6.61 Å². The number of nitrogens with one attached hydrogen (secondary N) is 1. The number of hydrogen-bond donors (Lipinski definition) is 1. The van der Waals surface area contributed by atoms with Crippen LogP contribution in [0.3, 0.4) is 0 Å². The van der Waals surface area contributed by atoms with E-state index in [1.54, 1.807) is 23.1 Å². The first kappa shape index (κ1) is 23.1. The van der Waals surface area contributed by atoms with Gasteiger partial charge in [0.05, 0.1) is 22.1 Å². The first-order valence-corrected chi connectivity index (χ1v) is 12.7. The van der Waals surface area contributed by atoms with E-state index in [9.17, 15) is 9.59 Å². The number of para-hydroxylation sites is 1. The smallest absolute Gasteiger partial charge is 0.265 e. The van der Waals surface area contributed by atoms with Gasteiger partial charge < -0.3 is 10.1 Å². The monoisotopic (exact) mass is 501 g/mol. The van der Waals surface area contributed by atoms with Crippen molar-refractivity contribution in [1.29, 1.82) is 0 Å². The van der Waals surface area contributed by atoms with E-state index < -0.39 is 0 Å². The molecule has 0 unspecified atom stereocenters. The van der Waals surface area contributed by atoms with Crippen molar-refractivity contribution in [3.05, 3.63) is 82.7 Å². The van der Waals surface area contributed by atoms with E-state index >= 15 is 0 Å². The summed E-state index contributed by atoms with van der Waals surface area (Å²) in [7, 11) is 0. The Bertz CT molecular complexity index is 1400. The molecule has 5 rings (SSSR count). The predicted molar refractivity (Wildman–Crippen MR) is 141 cm³/mol. The summed E-state index contributed by atoms with van der Waals surface area (Å²) in [6.07, 6.45) is 0. The fourth-order valence-corrected chi connectivity index (χ4v) is 5.69. The standard InChI is InChI=1S/C27H23N3O3S2/c1-17-27(28-18(2)34-17)19-12-13-23-22(14-19)30(26(32)16-33-23)15-25(31)29-21-10-6-7-11-24(21)35-20-8-4-3-5-9-20/h3-14H,15-16H2,1-2H3,(H,29,31). The highest BCUT2D eigenvalue weighted by Gasteiger charge is 2.28. The van der Waals surface area contributed by atoms with Crippen LogP contribution in [0.1, 0.15) is 9.88 Å². The Morgan fingerprint density at radius 2 is 1.86 bits per heavy atom. The third kappa shape index (κ3) is 5.08. The molecule has 3 aromatic carbocycles. The highest BCUT2D eigenvalue weighted by atomic mass is 32.2. The summed E-state index contributed by atoms with van der Waals surface area (Å²) in [5.41, 5.74) is 3.05. The molecule has 2 heterocycles. The van der Waals surface area contributed by atoms with Crippen molar-refractivity contribution in [3.63, 3.8) is 0 Å². The summed E-state index contributed by atoms with van der Waals surface area (Å²) < 4.78 is 5.63. The summed E-state index contributed by atoms with van der Waals surface area (Å²) in [5, 5.41) is 3.96. The Kier molecular flexibility index (Phi) is 6.57. The van der Waals surface area contributed by atoms with Gasteiger partial charge in [0.2, 0.25) is 5.91 Å². The number of thiazole rings is 1. The average molecular weight is 502 g/mol. The number of rotatable bonds is 6. The van der Waals surface area contributed by atoms with Gasteiger partial charge in [-0.15, -0.1) is 11.3 Å². The minimum atomic E-state index is -0.279. The Balaban J connectivity index is 1.38. The lowest BCUT2D eigenvalue weighted by Gasteiger charge is -2.29. The van der Waals surface area contributed by atoms with Gasteiger partial charge in [0.25, 0.3) is 5.91 Å². The van der Waals surface area contributed by atoms with Crippen LogP contribution in [0.2, 0.25) is 0 Å². The molecular weight excluding hydrogens is 478 g/mol. The first-order valence-electron chi connectivity index (χ1n) is 11.1. The van der Waals surface area contributed by atoms with Crippen LogP contribution in [-0.2, 0) is 9.59 Å². The molecule has 0 fully saturated rings. The molecule has 6 nitrogen and oxygen atoms in total. The normalized spacial score (nSPS) is 12.7. The van der Waals surface area contributed by atoms with Crippen LogP contribution in [0.25, 0.3) is 11.3 Å². The van der Waals surface area contributed by atoms with Crippen molar-refractivity contribution in [1.82, 2.24) is 4.98 Å². The number of nitrogens with zero attached hydrogens (tertiary/aromatic N) is 2. The van der Waals surface area contributed by atoms with Gasteiger partial charge in [0.1, 0.15) is 12.3 Å². The van der Waals surface area contributed by atoms with Gasteiger partial charge in [0, 0.05) is 20.2 Å². The summed E-state index contributed by atoms with van der Waals surface area (Å²) in [4.78, 5) is 35.1. The van der Waals surface area contributed by atoms with Gasteiger partial charge in [-0.3, -0.25) is 14.5 Å². The van der Waals surface area contributed by atoms with Crippen LogP contribution < -0.4 is 15.0 Å². The fourth-order valence-electron chi connectivity index (χ4n) is 3.93. The number of benzene rings is 3. The topological polar surface area (TPSA) is 71.5 Å². The molecule has 1 aliphatic rings. The van der Waals surface area contributed by atoms with E-state index in [1.165, 1.54) is 4.90 Å². The summed E-state index contributed by atoms with van der Waals surface area (Å²) in [5.74, 6) is 0.0344. The molecule has 35 heavy (non-hydrogen) atoms. The van der Waals surface area contributed by atoms with Gasteiger partial charge in [-0.1, -0.05) is 42.1 Å². The zero-order valence-corrected chi connectivity index (χ0v) is 20.9. The highest BCUT2D eigenvalue weighted by molar-refractivity contribution is 7.99. The largest absolute Gasteiger partial charge is 0.482 e. The van der Waals surface area contributed by atoms with Crippen molar-refractivity contribution in [3.8, 4) is 17.0 Å². The average Bonchev–Trinajstić information content (AvgIpc) is 3.20. The molecule has 0 radical (unpaired) electrons. The van der Waals surface area contributed by atoms with Crippen LogP contribution >= 0.6 is 23.1 Å². The number of anilines is 2. The summed E-state index contributed by atoms with van der Waals surface area (Å²) >= 11 is 3.20. The molecule has 8 heteroatoms. The molecule has 0 aliphatic carbocycles. The van der Waals surface area contributed by atoms with Crippen molar-refractivity contribution in [2.45, 2.75) is 23.6 Å². The molecule has 176 valence electrons. The van der Waals surface area contributed by atoms with Crippen LogP contribution in [-0.4, -0.2) is 29.9 Å². The second-order valence-corrected chi connectivity index (χ2v) is 10.6. The van der Waals surface area contributed by atoms with E-state index in [4.69, 9.17) is 4.74 Å². The molecule has 1 N–H and O–H groups in total. The number of amides is 2. The van der Waals surface area contributed by atoms with Crippen LogP contribution in [0.15, 0.2) is 82.6 Å². The number of hydrogen-bond acceptors (Lipinski definition) is 6. The second-order valence-electron chi connectivity index (χ2n) is 8.05. The van der Waals surface area contributed by atoms with E-state index in [1.807, 2.05) is 86.6 Å². The Morgan fingerprint density at radius 1 is 1.09 bits per heavy atom. The number of carbonyl (C=O) groups is 2. The lowest BCUT2D eigenvalue weighted by atomic mass is 10.1. The van der Waals surface area contributed by atoms with E-state index in [0.29, 0.717) is 17.1 Å². The number of ether oxygens (including phenoxy) is 1. The second kappa shape index (κ2) is 9.93. The van der Waals surface area contributed by atoms with Crippen LogP contribution in [0, 0.1) is 13.8 Å². The molecule has 1 aliphatic heterocycles. The maximum absolute atomic E-state index is 13.1. The Labute approximate surface area is 212 Å². The fraction of sp³-hybridized carbons (Fsp3) is 0.148. The van der Waals surface area contributed by atoms with Crippen molar-refractivity contribution in [2.75, 3.05) is 23.4 Å². The molecule has 1 aromatic heterocycles. The van der Waals surface area contributed by atoms with Gasteiger partial charge >= 0.3 is 0 Å². The number of aromatic nitrogens is 1. The molecule has 0 atom stereocenters. The third-order valence-corrected chi connectivity index (χ3v) is 7.48. The van der Waals surface area contributed by atoms with Gasteiger partial charge in [-0.2, -0.15) is 0 Å². The lowest BCUT2D eigenvalue weighted by Crippen LogP contribution is -2.43. The maximum Gasteiger partial charge on any atom is 0.265 e. The minimum Gasteiger partial charge on any atom is -0.482 e. The predicted octanol–water partition coefficient (Wildman–Crippen LogP) is 5.94. The molecule has 0 spiro atoms. The zero-order valence-electron chi connectivity index (χ0n) is 19.3. The molecule has 0 bridgehead atoms.